The van der Waals surface area contributed by atoms with Gasteiger partial charge in [0.25, 0.3) is 0 Å². The van der Waals surface area contributed by atoms with Crippen molar-refractivity contribution < 1.29 is 24.6 Å². The molecule has 0 saturated carbocycles. The van der Waals surface area contributed by atoms with Gasteiger partial charge in [0, 0.05) is 17.6 Å². The van der Waals surface area contributed by atoms with Crippen LogP contribution in [-0.2, 0) is 26.3 Å². The van der Waals surface area contributed by atoms with Crippen LogP contribution >= 0.6 is 11.6 Å². The minimum Gasteiger partial charge on any atom is -0.504 e. The minimum absolute atomic E-state index is 0.249. The number of phenolic OH excluding ortho intramolecular Hbond substituents is 2. The normalized spacial score (nSPS) is 28.9. The first kappa shape index (κ1) is 21.7. The Morgan fingerprint density at radius 3 is 2.58 bits per heavy atom. The van der Waals surface area contributed by atoms with Crippen molar-refractivity contribution in [3.8, 4) is 11.5 Å². The summed E-state index contributed by atoms with van der Waals surface area (Å²) in [5.41, 5.74) is 0.230. The second kappa shape index (κ2) is 7.46. The van der Waals surface area contributed by atoms with Crippen LogP contribution in [0.5, 0.6) is 11.5 Å². The minimum atomic E-state index is -1.43. The third-order valence-corrected chi connectivity index (χ3v) is 7.58. The monoisotopic (exact) mass is 469 g/mol. The summed E-state index contributed by atoms with van der Waals surface area (Å²) < 4.78 is 0. The molecule has 33 heavy (non-hydrogen) atoms. The van der Waals surface area contributed by atoms with Crippen LogP contribution in [0, 0.1) is 11.8 Å². The highest BCUT2D eigenvalue weighted by atomic mass is 35.5. The van der Waals surface area contributed by atoms with Gasteiger partial charge in [-0.2, -0.15) is 0 Å². The van der Waals surface area contributed by atoms with Gasteiger partial charge >= 0.3 is 0 Å². The van der Waals surface area contributed by atoms with E-state index in [0.717, 1.165) is 0 Å². The molecule has 0 aliphatic carbocycles. The molecule has 0 aromatic heterocycles. The lowest BCUT2D eigenvalue weighted by Crippen LogP contribution is -2.54. The molecule has 5 atom stereocenters. The number of amides is 3. The standard InChI is InChI=1S/C24H24ClN3O5/c1-3-11(2)28-21(31)18-15(9-12-7-8-16(29)17(30)10-12)27-24(19(18)22(28)32)13-5-4-6-14(25)20(13)26-23(24)33/h4-8,10-11,15,18-19,27,29-30H,3,9H2,1-2H3,(H,26,33)/t11-,15-,18-,19+,24-/m1/s1. The molecule has 2 aromatic carbocycles. The van der Waals surface area contributed by atoms with E-state index in [1.807, 2.05) is 13.8 Å². The number of nitrogens with zero attached hydrogens (tertiary/aromatic N) is 1. The Labute approximate surface area is 195 Å². The first-order valence-corrected chi connectivity index (χ1v) is 11.3. The van der Waals surface area contributed by atoms with Crippen LogP contribution in [0.2, 0.25) is 5.02 Å². The van der Waals surface area contributed by atoms with E-state index in [4.69, 9.17) is 11.6 Å². The Morgan fingerprint density at radius 1 is 1.12 bits per heavy atom. The molecule has 3 aliphatic rings. The number of aromatic hydroxyl groups is 2. The third kappa shape index (κ3) is 2.90. The molecular formula is C24H24ClN3O5. The number of phenols is 2. The van der Waals surface area contributed by atoms with Crippen molar-refractivity contribution >= 4 is 35.0 Å². The average molecular weight is 470 g/mol. The van der Waals surface area contributed by atoms with Crippen LogP contribution < -0.4 is 10.6 Å². The molecule has 3 aliphatic heterocycles. The number of carbonyl (C=O) groups is 3. The van der Waals surface area contributed by atoms with Gasteiger partial charge in [-0.15, -0.1) is 0 Å². The summed E-state index contributed by atoms with van der Waals surface area (Å²) in [7, 11) is 0. The van der Waals surface area contributed by atoms with Crippen molar-refractivity contribution in [3.05, 3.63) is 52.5 Å². The van der Waals surface area contributed by atoms with Crippen LogP contribution in [0.25, 0.3) is 0 Å². The van der Waals surface area contributed by atoms with Gasteiger partial charge in [-0.05, 0) is 43.5 Å². The molecule has 9 heteroatoms. The number of anilines is 1. The maximum absolute atomic E-state index is 13.7. The van der Waals surface area contributed by atoms with Crippen LogP contribution in [0.3, 0.4) is 0 Å². The summed E-state index contributed by atoms with van der Waals surface area (Å²) >= 11 is 6.35. The molecule has 172 valence electrons. The van der Waals surface area contributed by atoms with Crippen LogP contribution in [0.1, 0.15) is 31.4 Å². The van der Waals surface area contributed by atoms with Crippen LogP contribution in [0.15, 0.2) is 36.4 Å². The number of nitrogens with one attached hydrogen (secondary N) is 2. The highest BCUT2D eigenvalue weighted by Crippen LogP contribution is 2.54. The van der Waals surface area contributed by atoms with Crippen molar-refractivity contribution in [2.75, 3.05) is 5.32 Å². The second-order valence-corrected chi connectivity index (χ2v) is 9.42. The van der Waals surface area contributed by atoms with Gasteiger partial charge in [0.05, 0.1) is 22.5 Å². The summed E-state index contributed by atoms with van der Waals surface area (Å²) in [6.45, 7) is 3.73. The molecule has 0 unspecified atom stereocenters. The lowest BCUT2D eigenvalue weighted by atomic mass is 9.76. The Balaban J connectivity index is 1.64. The average Bonchev–Trinajstić information content (AvgIpc) is 3.36. The highest BCUT2D eigenvalue weighted by molar-refractivity contribution is 6.35. The fourth-order valence-corrected chi connectivity index (χ4v) is 5.78. The van der Waals surface area contributed by atoms with Gasteiger partial charge in [-0.3, -0.25) is 24.6 Å². The molecule has 8 nitrogen and oxygen atoms in total. The van der Waals surface area contributed by atoms with E-state index in [2.05, 4.69) is 10.6 Å². The first-order chi connectivity index (χ1) is 15.7. The number of benzene rings is 2. The molecule has 1 spiro atoms. The number of likely N-dealkylation sites (tertiary alicyclic amines) is 1. The van der Waals surface area contributed by atoms with E-state index >= 15 is 0 Å². The maximum atomic E-state index is 13.7. The van der Waals surface area contributed by atoms with E-state index in [1.54, 1.807) is 24.3 Å². The van der Waals surface area contributed by atoms with E-state index in [9.17, 15) is 24.6 Å². The van der Waals surface area contributed by atoms with Crippen molar-refractivity contribution in [3.63, 3.8) is 0 Å². The van der Waals surface area contributed by atoms with E-state index in [0.29, 0.717) is 28.3 Å². The third-order valence-electron chi connectivity index (χ3n) is 7.26. The summed E-state index contributed by atoms with van der Waals surface area (Å²) in [4.78, 5) is 42.0. The van der Waals surface area contributed by atoms with E-state index in [-0.39, 0.29) is 35.8 Å². The van der Waals surface area contributed by atoms with Gasteiger partial charge in [0.1, 0.15) is 5.54 Å². The lowest BCUT2D eigenvalue weighted by molar-refractivity contribution is -0.145. The molecular weight excluding hydrogens is 446 g/mol. The molecule has 2 aromatic rings. The van der Waals surface area contributed by atoms with E-state index < -0.39 is 29.3 Å². The Morgan fingerprint density at radius 2 is 1.88 bits per heavy atom. The van der Waals surface area contributed by atoms with Crippen molar-refractivity contribution in [1.82, 2.24) is 10.2 Å². The SMILES string of the molecule is CC[C@@H](C)N1C(=O)[C@H]2[C@@H](C1=O)[C@@]1(N[C@@H]2Cc2ccc(O)c(O)c2)C(=O)Nc2c(Cl)cccc21. The molecule has 2 fully saturated rings. The smallest absolute Gasteiger partial charge is 0.250 e. The number of imide groups is 1. The van der Waals surface area contributed by atoms with Gasteiger partial charge in [0.2, 0.25) is 17.7 Å². The first-order valence-electron chi connectivity index (χ1n) is 11.0. The van der Waals surface area contributed by atoms with Gasteiger partial charge < -0.3 is 15.5 Å². The molecule has 3 heterocycles. The zero-order valence-corrected chi connectivity index (χ0v) is 18.9. The number of para-hydroxylation sites is 1. The molecule has 3 amide bonds. The number of carbonyl (C=O) groups excluding carboxylic acids is 3. The fourth-order valence-electron chi connectivity index (χ4n) is 5.56. The second-order valence-electron chi connectivity index (χ2n) is 9.01. The van der Waals surface area contributed by atoms with Crippen molar-refractivity contribution in [2.45, 2.75) is 44.3 Å². The van der Waals surface area contributed by atoms with Gasteiger partial charge in [-0.25, -0.2) is 0 Å². The number of hydrogen-bond donors (Lipinski definition) is 4. The summed E-state index contributed by atoms with van der Waals surface area (Å²) in [5.74, 6) is -3.30. The molecule has 2 saturated heterocycles. The van der Waals surface area contributed by atoms with E-state index in [1.165, 1.54) is 17.0 Å². The Kier molecular flexibility index (Phi) is 4.91. The predicted octanol–water partition coefficient (Wildman–Crippen LogP) is 2.51. The van der Waals surface area contributed by atoms with Crippen molar-refractivity contribution in [1.29, 1.82) is 0 Å². The fraction of sp³-hybridized carbons (Fsp3) is 0.375. The lowest BCUT2D eigenvalue weighted by Gasteiger charge is -2.31. The molecule has 5 rings (SSSR count). The highest BCUT2D eigenvalue weighted by Gasteiger charge is 2.70. The Bertz CT molecular complexity index is 1200. The van der Waals surface area contributed by atoms with Gasteiger partial charge in [-0.1, -0.05) is 36.7 Å². The summed E-state index contributed by atoms with van der Waals surface area (Å²) in [6.07, 6.45) is 0.871. The number of fused-ring (bicyclic) bond motifs is 4. The quantitative estimate of drug-likeness (QED) is 0.403. The Hall–Kier alpha value is -3.10. The summed E-state index contributed by atoms with van der Waals surface area (Å²) in [6, 6.07) is 8.72. The number of halogens is 1. The van der Waals surface area contributed by atoms with Crippen LogP contribution in [0.4, 0.5) is 5.69 Å². The molecule has 4 N–H and O–H groups in total. The van der Waals surface area contributed by atoms with Crippen molar-refractivity contribution in [2.24, 2.45) is 11.8 Å². The zero-order valence-electron chi connectivity index (χ0n) is 18.1. The summed E-state index contributed by atoms with van der Waals surface area (Å²) in [5, 5.41) is 26.1. The van der Waals surface area contributed by atoms with Crippen LogP contribution in [-0.4, -0.2) is 44.9 Å². The van der Waals surface area contributed by atoms with Gasteiger partial charge in [0.15, 0.2) is 11.5 Å². The predicted molar refractivity (Wildman–Crippen MR) is 121 cm³/mol. The zero-order chi connectivity index (χ0) is 23.7. The number of hydrogen-bond acceptors (Lipinski definition) is 6. The maximum Gasteiger partial charge on any atom is 0.250 e. The number of rotatable bonds is 4. The molecule has 0 bridgehead atoms. The largest absolute Gasteiger partial charge is 0.504 e. The topological polar surface area (TPSA) is 119 Å². The molecule has 0 radical (unpaired) electrons.